The zero-order valence-corrected chi connectivity index (χ0v) is 29.2. The zero-order chi connectivity index (χ0) is 43.3. The minimum absolute atomic E-state index is 0.0191. The van der Waals surface area contributed by atoms with Gasteiger partial charge in [0.2, 0.25) is 0 Å². The van der Waals surface area contributed by atoms with Crippen LogP contribution in [0.4, 0.5) is 17.1 Å². The van der Waals surface area contributed by atoms with Gasteiger partial charge in [0, 0.05) is 38.5 Å². The van der Waals surface area contributed by atoms with Gasteiger partial charge in [0.25, 0.3) is 0 Å². The molecule has 0 aliphatic rings. The van der Waals surface area contributed by atoms with Gasteiger partial charge in [0.05, 0.1) is 22.0 Å². The van der Waals surface area contributed by atoms with Crippen molar-refractivity contribution in [2.75, 3.05) is 4.90 Å². The minimum atomic E-state index is -0.452. The highest BCUT2D eigenvalue weighted by atomic mass is 16.3. The fourth-order valence-electron chi connectivity index (χ4n) is 7.59. The first kappa shape index (κ1) is 24.1. The molecule has 0 radical (unpaired) electrons. The Morgan fingerprint density at radius 1 is 0.364 bits per heavy atom. The lowest BCUT2D eigenvalue weighted by Crippen LogP contribution is -2.10. The van der Waals surface area contributed by atoms with Crippen molar-refractivity contribution in [2.24, 2.45) is 0 Å². The van der Waals surface area contributed by atoms with E-state index in [0.717, 1.165) is 32.7 Å². The van der Waals surface area contributed by atoms with Crippen molar-refractivity contribution >= 4 is 71.7 Å². The van der Waals surface area contributed by atoms with Crippen LogP contribution in [0.25, 0.3) is 88.0 Å². The number of anilines is 3. The summed E-state index contributed by atoms with van der Waals surface area (Å²) in [6.07, 6.45) is 0. The molecule has 0 unspecified atom stereocenters. The number of hydrogen-bond donors (Lipinski definition) is 0. The zero-order valence-electron chi connectivity index (χ0n) is 37.2. The van der Waals surface area contributed by atoms with Crippen LogP contribution in [-0.4, -0.2) is 0 Å². The van der Waals surface area contributed by atoms with Crippen LogP contribution < -0.4 is 4.90 Å². The molecule has 0 atom stereocenters. The summed E-state index contributed by atoms with van der Waals surface area (Å²) < 4.78 is 89.6. The standard InChI is InChI=1S/C52H33NO2/c1-2-10-34(11-3-1)35-20-22-36(23-21-35)37-24-29-40(30-25-37)53(47-17-9-19-49-50(47)46-33-28-38-12-4-5-13-42(38)52(46)55-49)41-31-26-39(27-32-41)43-15-8-16-45-44-14-6-7-18-48(44)54-51(43)45/h1-33H/i24D,25D,26D,27D,29D,30D,31D,32D. The number of hydrogen-bond acceptors (Lipinski definition) is 3. The molecule has 9 aromatic carbocycles. The molecule has 0 aliphatic carbocycles. The van der Waals surface area contributed by atoms with Crippen LogP contribution >= 0.6 is 0 Å². The largest absolute Gasteiger partial charge is 0.455 e. The highest BCUT2D eigenvalue weighted by Crippen LogP contribution is 2.45. The summed E-state index contributed by atoms with van der Waals surface area (Å²) in [6, 6.07) is 43.7. The van der Waals surface area contributed by atoms with E-state index in [9.17, 15) is 11.0 Å². The highest BCUT2D eigenvalue weighted by molar-refractivity contribution is 6.19. The number of rotatable bonds is 6. The number of para-hydroxylation sites is 2. The average molecular weight is 712 g/mol. The lowest BCUT2D eigenvalue weighted by Gasteiger charge is -2.26. The Morgan fingerprint density at radius 3 is 1.73 bits per heavy atom. The topological polar surface area (TPSA) is 29.5 Å². The molecule has 0 saturated heterocycles. The van der Waals surface area contributed by atoms with Gasteiger partial charge in [-0.25, -0.2) is 0 Å². The van der Waals surface area contributed by atoms with Crippen molar-refractivity contribution in [1.29, 1.82) is 0 Å². The van der Waals surface area contributed by atoms with Gasteiger partial charge in [-0.2, -0.15) is 0 Å². The molecule has 2 heterocycles. The van der Waals surface area contributed by atoms with E-state index in [0.29, 0.717) is 44.2 Å². The molecule has 0 bridgehead atoms. The third-order valence-corrected chi connectivity index (χ3v) is 10.2. The molecule has 55 heavy (non-hydrogen) atoms. The third kappa shape index (κ3) is 5.20. The van der Waals surface area contributed by atoms with Crippen LogP contribution in [0.1, 0.15) is 11.0 Å². The molecule has 0 N–H and O–H groups in total. The second kappa shape index (κ2) is 12.6. The molecule has 3 heteroatoms. The van der Waals surface area contributed by atoms with Crippen LogP contribution in [0.15, 0.2) is 209 Å². The molecule has 258 valence electrons. The fourth-order valence-corrected chi connectivity index (χ4v) is 7.59. The molecule has 3 nitrogen and oxygen atoms in total. The van der Waals surface area contributed by atoms with Crippen LogP contribution in [0.3, 0.4) is 0 Å². The van der Waals surface area contributed by atoms with E-state index in [4.69, 9.17) is 8.83 Å². The van der Waals surface area contributed by atoms with E-state index < -0.39 is 24.2 Å². The lowest BCUT2D eigenvalue weighted by molar-refractivity contribution is 0.670. The maximum atomic E-state index is 9.72. The van der Waals surface area contributed by atoms with Crippen molar-refractivity contribution in [1.82, 2.24) is 0 Å². The van der Waals surface area contributed by atoms with Gasteiger partial charge < -0.3 is 13.7 Å². The second-order valence-electron chi connectivity index (χ2n) is 13.4. The monoisotopic (exact) mass is 711 g/mol. The van der Waals surface area contributed by atoms with Gasteiger partial charge in [-0.3, -0.25) is 0 Å². The third-order valence-electron chi connectivity index (χ3n) is 10.2. The Labute approximate surface area is 329 Å². The highest BCUT2D eigenvalue weighted by Gasteiger charge is 2.21. The van der Waals surface area contributed by atoms with E-state index >= 15 is 0 Å². The normalized spacial score (nSPS) is 13.7. The number of furan rings is 2. The lowest BCUT2D eigenvalue weighted by atomic mass is 9.99. The molecule has 0 spiro atoms. The Hall–Kier alpha value is -7.36. The molecule has 0 aliphatic heterocycles. The van der Waals surface area contributed by atoms with Crippen LogP contribution in [0.2, 0.25) is 0 Å². The average Bonchev–Trinajstić information content (AvgIpc) is 3.90. The van der Waals surface area contributed by atoms with E-state index in [2.05, 4.69) is 0 Å². The Balaban J connectivity index is 1.19. The maximum Gasteiger partial charge on any atom is 0.143 e. The van der Waals surface area contributed by atoms with Crippen molar-refractivity contribution in [3.63, 3.8) is 0 Å². The SMILES string of the molecule is [2H]c1c([2H])c(N(c2c([2H])c([2H])c(-c3cccc4c3oc3ccccc34)c([2H])c2[2H])c2cccc3oc4c5ccccc5ccc4c23)c([2H])c([2H])c1-c1ccc(-c2ccccc2)cc1. The second-order valence-corrected chi connectivity index (χ2v) is 13.4. The first-order chi connectivity index (χ1) is 30.6. The quantitative estimate of drug-likeness (QED) is 0.172. The molecular formula is C52H33NO2. The molecule has 2 aromatic heterocycles. The predicted octanol–water partition coefficient (Wildman–Crippen LogP) is 15.1. The van der Waals surface area contributed by atoms with Crippen molar-refractivity contribution in [3.8, 4) is 33.4 Å². The number of nitrogens with zero attached hydrogens (tertiary/aromatic N) is 1. The van der Waals surface area contributed by atoms with Gasteiger partial charge in [0.1, 0.15) is 22.3 Å². The van der Waals surface area contributed by atoms with E-state index in [-0.39, 0.29) is 52.4 Å². The Morgan fingerprint density at radius 2 is 0.945 bits per heavy atom. The van der Waals surface area contributed by atoms with Gasteiger partial charge in [-0.15, -0.1) is 0 Å². The van der Waals surface area contributed by atoms with E-state index in [1.54, 1.807) is 42.5 Å². The summed E-state index contributed by atoms with van der Waals surface area (Å²) in [5.74, 6) is 0. The Bertz CT molecular complexity index is 3620. The first-order valence-corrected chi connectivity index (χ1v) is 18.0. The smallest absolute Gasteiger partial charge is 0.143 e. The number of fused-ring (bicyclic) bond motifs is 8. The molecule has 11 rings (SSSR count). The molecular weight excluding hydrogens is 671 g/mol. The summed E-state index contributed by atoms with van der Waals surface area (Å²) in [7, 11) is 0. The van der Waals surface area contributed by atoms with Gasteiger partial charge in [-0.1, -0.05) is 152 Å². The minimum Gasteiger partial charge on any atom is -0.455 e. The number of benzene rings is 9. The van der Waals surface area contributed by atoms with Crippen LogP contribution in [0, 0.1) is 0 Å². The molecule has 0 amide bonds. The first-order valence-electron chi connectivity index (χ1n) is 22.0. The van der Waals surface area contributed by atoms with Gasteiger partial charge in [0.15, 0.2) is 0 Å². The van der Waals surface area contributed by atoms with Gasteiger partial charge >= 0.3 is 0 Å². The molecule has 0 saturated carbocycles. The summed E-state index contributed by atoms with van der Waals surface area (Å²) in [5.41, 5.74) is 4.71. The van der Waals surface area contributed by atoms with Crippen LogP contribution in [0.5, 0.6) is 0 Å². The summed E-state index contributed by atoms with van der Waals surface area (Å²) in [5, 5.41) is 4.62. The Kier molecular flexibility index (Phi) is 5.53. The van der Waals surface area contributed by atoms with Crippen molar-refractivity contribution < 1.29 is 19.8 Å². The molecule has 11 aromatic rings. The van der Waals surface area contributed by atoms with Crippen molar-refractivity contribution in [3.05, 3.63) is 200 Å². The van der Waals surface area contributed by atoms with E-state index in [1.165, 1.54) is 4.90 Å². The molecule has 0 fully saturated rings. The fraction of sp³-hybridized carbons (Fsp3) is 0. The van der Waals surface area contributed by atoms with Gasteiger partial charge in [-0.05, 0) is 81.6 Å². The summed E-state index contributed by atoms with van der Waals surface area (Å²) in [6.45, 7) is 0. The van der Waals surface area contributed by atoms with Crippen molar-refractivity contribution in [2.45, 2.75) is 0 Å². The summed E-state index contributed by atoms with van der Waals surface area (Å²) in [4.78, 5) is 1.35. The van der Waals surface area contributed by atoms with Crippen LogP contribution in [-0.2, 0) is 0 Å². The van der Waals surface area contributed by atoms with E-state index in [1.807, 2.05) is 109 Å². The maximum absolute atomic E-state index is 9.72. The summed E-state index contributed by atoms with van der Waals surface area (Å²) >= 11 is 0. The predicted molar refractivity (Wildman–Crippen MR) is 229 cm³/mol.